The fourth-order valence-corrected chi connectivity index (χ4v) is 3.41. The third-order valence-corrected chi connectivity index (χ3v) is 4.69. The van der Waals surface area contributed by atoms with Gasteiger partial charge in [0.1, 0.15) is 5.78 Å². The highest BCUT2D eigenvalue weighted by molar-refractivity contribution is 7.07. The first-order chi connectivity index (χ1) is 8.75. The van der Waals surface area contributed by atoms with Gasteiger partial charge in [-0.15, -0.1) is 0 Å². The molecule has 2 atom stereocenters. The van der Waals surface area contributed by atoms with E-state index in [0.29, 0.717) is 24.0 Å². The third-order valence-electron chi connectivity index (χ3n) is 3.96. The highest BCUT2D eigenvalue weighted by Crippen LogP contribution is 2.23. The van der Waals surface area contributed by atoms with Crippen LogP contribution in [0.15, 0.2) is 16.8 Å². The Morgan fingerprint density at radius 1 is 1.61 bits per heavy atom. The number of carbonyl (C=O) groups is 1. The van der Waals surface area contributed by atoms with Crippen molar-refractivity contribution in [2.45, 2.75) is 39.0 Å². The molecule has 0 bridgehead atoms. The van der Waals surface area contributed by atoms with Gasteiger partial charge in [-0.1, -0.05) is 6.92 Å². The van der Waals surface area contributed by atoms with Gasteiger partial charge < -0.3 is 5.32 Å². The largest absolute Gasteiger partial charge is 0.316 e. The van der Waals surface area contributed by atoms with Crippen molar-refractivity contribution in [1.82, 2.24) is 5.32 Å². The van der Waals surface area contributed by atoms with E-state index >= 15 is 0 Å². The number of aryl methyl sites for hydroxylation is 1. The monoisotopic (exact) mass is 265 g/mol. The molecule has 3 heteroatoms. The zero-order chi connectivity index (χ0) is 12.8. The van der Waals surface area contributed by atoms with Gasteiger partial charge in [0.05, 0.1) is 0 Å². The minimum atomic E-state index is 0.430. The van der Waals surface area contributed by atoms with Crippen LogP contribution in [0.5, 0.6) is 0 Å². The summed E-state index contributed by atoms with van der Waals surface area (Å²) >= 11 is 1.71. The van der Waals surface area contributed by atoms with Crippen LogP contribution in [-0.4, -0.2) is 18.9 Å². The van der Waals surface area contributed by atoms with Crippen LogP contribution in [0, 0.1) is 11.8 Å². The SMILES string of the molecule is CC(CC(=O)CCc1ccsc1)C1CCCNC1. The number of nitrogens with one attached hydrogen (secondary N) is 1. The zero-order valence-electron chi connectivity index (χ0n) is 11.2. The van der Waals surface area contributed by atoms with E-state index in [2.05, 4.69) is 29.1 Å². The van der Waals surface area contributed by atoms with Crippen molar-refractivity contribution in [3.63, 3.8) is 0 Å². The number of hydrogen-bond donors (Lipinski definition) is 1. The number of Topliss-reactive ketones (excluding diaryl/α,β-unsaturated/α-hetero) is 1. The van der Waals surface area contributed by atoms with E-state index in [0.717, 1.165) is 25.9 Å². The van der Waals surface area contributed by atoms with Gasteiger partial charge in [0.2, 0.25) is 0 Å². The average molecular weight is 265 g/mol. The smallest absolute Gasteiger partial charge is 0.133 e. The normalized spacial score (nSPS) is 21.7. The molecule has 1 saturated heterocycles. The van der Waals surface area contributed by atoms with Gasteiger partial charge in [0.15, 0.2) is 0 Å². The van der Waals surface area contributed by atoms with Gasteiger partial charge in [-0.05, 0) is 66.6 Å². The minimum absolute atomic E-state index is 0.430. The summed E-state index contributed by atoms with van der Waals surface area (Å²) in [5.41, 5.74) is 1.31. The summed E-state index contributed by atoms with van der Waals surface area (Å²) in [6.07, 6.45) is 4.93. The molecule has 2 nitrogen and oxygen atoms in total. The Morgan fingerprint density at radius 3 is 3.17 bits per heavy atom. The van der Waals surface area contributed by atoms with Gasteiger partial charge in [-0.2, -0.15) is 11.3 Å². The quantitative estimate of drug-likeness (QED) is 0.855. The Labute approximate surface area is 114 Å². The fraction of sp³-hybridized carbons (Fsp3) is 0.667. The van der Waals surface area contributed by atoms with Crippen LogP contribution in [0.4, 0.5) is 0 Å². The maximum absolute atomic E-state index is 12.0. The molecule has 2 rings (SSSR count). The lowest BCUT2D eigenvalue weighted by atomic mass is 9.84. The fourth-order valence-electron chi connectivity index (χ4n) is 2.71. The number of carbonyl (C=O) groups excluding carboxylic acids is 1. The summed E-state index contributed by atoms with van der Waals surface area (Å²) in [4.78, 5) is 12.0. The molecular weight excluding hydrogens is 242 g/mol. The summed E-state index contributed by atoms with van der Waals surface area (Å²) in [7, 11) is 0. The van der Waals surface area contributed by atoms with Gasteiger partial charge in [-0.25, -0.2) is 0 Å². The number of hydrogen-bond acceptors (Lipinski definition) is 3. The van der Waals surface area contributed by atoms with Crippen molar-refractivity contribution >= 4 is 17.1 Å². The molecule has 0 aromatic carbocycles. The standard InChI is InChI=1S/C15H23NOS/c1-12(14-3-2-7-16-10-14)9-15(17)5-4-13-6-8-18-11-13/h6,8,11-12,14,16H,2-5,7,9-10H2,1H3. The van der Waals surface area contributed by atoms with Gasteiger partial charge in [-0.3, -0.25) is 4.79 Å². The predicted octanol–water partition coefficient (Wildman–Crippen LogP) is 3.28. The summed E-state index contributed by atoms with van der Waals surface area (Å²) in [6, 6.07) is 2.12. The van der Waals surface area contributed by atoms with Crippen LogP contribution < -0.4 is 5.32 Å². The van der Waals surface area contributed by atoms with E-state index in [4.69, 9.17) is 0 Å². The zero-order valence-corrected chi connectivity index (χ0v) is 12.0. The lowest BCUT2D eigenvalue weighted by Gasteiger charge is -2.28. The Kier molecular flexibility index (Phi) is 5.39. The second kappa shape index (κ2) is 7.05. The van der Waals surface area contributed by atoms with Crippen molar-refractivity contribution in [2.24, 2.45) is 11.8 Å². The molecule has 1 N–H and O–H groups in total. The number of rotatable bonds is 6. The van der Waals surface area contributed by atoms with Crippen molar-refractivity contribution < 1.29 is 4.79 Å². The van der Waals surface area contributed by atoms with E-state index in [1.54, 1.807) is 11.3 Å². The molecule has 0 radical (unpaired) electrons. The maximum Gasteiger partial charge on any atom is 0.133 e. The maximum atomic E-state index is 12.0. The molecule has 1 aromatic heterocycles. The van der Waals surface area contributed by atoms with Crippen molar-refractivity contribution in [1.29, 1.82) is 0 Å². The van der Waals surface area contributed by atoms with E-state index < -0.39 is 0 Å². The van der Waals surface area contributed by atoms with Gasteiger partial charge in [0.25, 0.3) is 0 Å². The Hall–Kier alpha value is -0.670. The average Bonchev–Trinajstić information content (AvgIpc) is 2.90. The van der Waals surface area contributed by atoms with E-state index in [1.807, 2.05) is 0 Å². The summed E-state index contributed by atoms with van der Waals surface area (Å²) in [6.45, 7) is 4.48. The number of ketones is 1. The minimum Gasteiger partial charge on any atom is -0.316 e. The first kappa shape index (κ1) is 13.8. The van der Waals surface area contributed by atoms with E-state index in [1.165, 1.54) is 18.4 Å². The summed E-state index contributed by atoms with van der Waals surface area (Å²) < 4.78 is 0. The van der Waals surface area contributed by atoms with Gasteiger partial charge >= 0.3 is 0 Å². The molecule has 100 valence electrons. The molecule has 0 spiro atoms. The molecule has 0 amide bonds. The molecule has 18 heavy (non-hydrogen) atoms. The second-order valence-corrected chi connectivity index (χ2v) is 6.24. The Bertz CT molecular complexity index is 355. The molecule has 1 aromatic rings. The molecule has 2 unspecified atom stereocenters. The van der Waals surface area contributed by atoms with Crippen LogP contribution >= 0.6 is 11.3 Å². The summed E-state index contributed by atoms with van der Waals surface area (Å²) in [5, 5.41) is 7.65. The lowest BCUT2D eigenvalue weighted by molar-refractivity contribution is -0.120. The Morgan fingerprint density at radius 2 is 2.50 bits per heavy atom. The van der Waals surface area contributed by atoms with Crippen LogP contribution in [0.2, 0.25) is 0 Å². The molecule has 1 fully saturated rings. The third kappa shape index (κ3) is 4.21. The molecule has 0 aliphatic carbocycles. The molecule has 1 aliphatic heterocycles. The van der Waals surface area contributed by atoms with E-state index in [9.17, 15) is 4.79 Å². The number of thiophene rings is 1. The van der Waals surface area contributed by atoms with Gasteiger partial charge in [0, 0.05) is 12.8 Å². The molecule has 2 heterocycles. The second-order valence-electron chi connectivity index (χ2n) is 5.46. The van der Waals surface area contributed by atoms with Crippen molar-refractivity contribution in [3.8, 4) is 0 Å². The van der Waals surface area contributed by atoms with Crippen LogP contribution in [0.25, 0.3) is 0 Å². The van der Waals surface area contributed by atoms with Crippen molar-refractivity contribution in [2.75, 3.05) is 13.1 Å². The topological polar surface area (TPSA) is 29.1 Å². The first-order valence-electron chi connectivity index (χ1n) is 6.99. The summed E-state index contributed by atoms with van der Waals surface area (Å²) in [5.74, 6) is 1.66. The predicted molar refractivity (Wildman–Crippen MR) is 77.0 cm³/mol. The Balaban J connectivity index is 1.69. The molecule has 0 saturated carbocycles. The van der Waals surface area contributed by atoms with Crippen LogP contribution in [0.1, 0.15) is 38.2 Å². The van der Waals surface area contributed by atoms with Crippen molar-refractivity contribution in [3.05, 3.63) is 22.4 Å². The molecular formula is C15H23NOS. The highest BCUT2D eigenvalue weighted by atomic mass is 32.1. The van der Waals surface area contributed by atoms with E-state index in [-0.39, 0.29) is 0 Å². The van der Waals surface area contributed by atoms with Crippen LogP contribution in [-0.2, 0) is 11.2 Å². The lowest BCUT2D eigenvalue weighted by Crippen LogP contribution is -2.34. The number of piperidine rings is 1. The van der Waals surface area contributed by atoms with Crippen LogP contribution in [0.3, 0.4) is 0 Å². The molecule has 1 aliphatic rings. The first-order valence-corrected chi connectivity index (χ1v) is 7.93. The highest BCUT2D eigenvalue weighted by Gasteiger charge is 2.21.